The summed E-state index contributed by atoms with van der Waals surface area (Å²) >= 11 is 0. The SMILES string of the molecule is CC(=O)NC1C2CC3CC1CC(C(O)CC1c4c(F)cccc4-c4cncn41)(C3)C2. The lowest BCUT2D eigenvalue weighted by Gasteiger charge is -2.61. The topological polar surface area (TPSA) is 67.2 Å². The molecule has 1 aromatic heterocycles. The van der Waals surface area contributed by atoms with Crippen molar-refractivity contribution in [1.29, 1.82) is 0 Å². The van der Waals surface area contributed by atoms with Crippen LogP contribution >= 0.6 is 0 Å². The summed E-state index contributed by atoms with van der Waals surface area (Å²) in [6.45, 7) is 1.60. The van der Waals surface area contributed by atoms with Crippen molar-refractivity contribution >= 4 is 5.91 Å². The standard InChI is InChI=1S/C24H28FN3O2/c1-13(29)27-23-15-5-14-6-16(23)10-24(8-14,9-15)21(30)7-19-22-17(3-2-4-18(22)25)20-11-26-12-28(19)20/h2-4,11-12,14-16,19,21,23,30H,5-10H2,1H3,(H,27,29). The van der Waals surface area contributed by atoms with Crippen LogP contribution in [-0.4, -0.2) is 32.7 Å². The predicted octanol–water partition coefficient (Wildman–Crippen LogP) is 3.67. The summed E-state index contributed by atoms with van der Waals surface area (Å²) in [6, 6.07) is 5.24. The van der Waals surface area contributed by atoms with Crippen LogP contribution in [0.1, 0.15) is 57.1 Å². The number of aromatic nitrogens is 2. The maximum absolute atomic E-state index is 14.8. The molecule has 2 heterocycles. The predicted molar refractivity (Wildman–Crippen MR) is 110 cm³/mol. The lowest BCUT2D eigenvalue weighted by Crippen LogP contribution is -2.61. The molecule has 4 unspecified atom stereocenters. The Balaban J connectivity index is 1.30. The molecule has 2 N–H and O–H groups in total. The molecule has 4 fully saturated rings. The molecule has 5 nitrogen and oxygen atoms in total. The third kappa shape index (κ3) is 2.55. The molecule has 158 valence electrons. The minimum absolute atomic E-state index is 0.0488. The van der Waals surface area contributed by atoms with Crippen molar-refractivity contribution in [2.45, 2.75) is 63.6 Å². The van der Waals surface area contributed by atoms with Gasteiger partial charge in [-0.15, -0.1) is 0 Å². The summed E-state index contributed by atoms with van der Waals surface area (Å²) in [5, 5.41) is 14.8. The maximum Gasteiger partial charge on any atom is 0.217 e. The van der Waals surface area contributed by atoms with Gasteiger partial charge in [-0.1, -0.05) is 12.1 Å². The molecule has 4 atom stereocenters. The zero-order valence-electron chi connectivity index (χ0n) is 17.2. The molecule has 2 aromatic rings. The van der Waals surface area contributed by atoms with Crippen LogP contribution in [0.5, 0.6) is 0 Å². The van der Waals surface area contributed by atoms with E-state index in [4.69, 9.17) is 0 Å². The van der Waals surface area contributed by atoms with Crippen molar-refractivity contribution in [3.8, 4) is 11.3 Å². The highest BCUT2D eigenvalue weighted by Gasteiger charge is 2.58. The summed E-state index contributed by atoms with van der Waals surface area (Å²) in [4.78, 5) is 16.0. The highest BCUT2D eigenvalue weighted by molar-refractivity contribution is 5.73. The Morgan fingerprint density at radius 2 is 2.10 bits per heavy atom. The van der Waals surface area contributed by atoms with Gasteiger partial charge in [0.2, 0.25) is 5.91 Å². The minimum Gasteiger partial charge on any atom is -0.392 e. The molecule has 0 spiro atoms. The molecule has 0 saturated heterocycles. The largest absolute Gasteiger partial charge is 0.392 e. The molecule has 4 bridgehead atoms. The zero-order valence-corrected chi connectivity index (χ0v) is 17.2. The summed E-state index contributed by atoms with van der Waals surface area (Å²) < 4.78 is 16.8. The molecule has 30 heavy (non-hydrogen) atoms. The van der Waals surface area contributed by atoms with Gasteiger partial charge in [0.1, 0.15) is 5.82 Å². The van der Waals surface area contributed by atoms with Gasteiger partial charge in [0.15, 0.2) is 0 Å². The fourth-order valence-electron chi connectivity index (χ4n) is 7.66. The fourth-order valence-corrected chi connectivity index (χ4v) is 7.66. The number of amides is 1. The lowest BCUT2D eigenvalue weighted by molar-refractivity contribution is -0.144. The number of carbonyl (C=O) groups excluding carboxylic acids is 1. The fraction of sp³-hybridized carbons (Fsp3) is 0.583. The first-order valence-corrected chi connectivity index (χ1v) is 11.2. The molecular formula is C24H28FN3O2. The van der Waals surface area contributed by atoms with E-state index in [9.17, 15) is 14.3 Å². The van der Waals surface area contributed by atoms with E-state index in [1.807, 2.05) is 10.6 Å². The maximum atomic E-state index is 14.8. The number of benzene rings is 1. The van der Waals surface area contributed by atoms with Gasteiger partial charge in [-0.2, -0.15) is 0 Å². The first-order valence-electron chi connectivity index (χ1n) is 11.2. The summed E-state index contributed by atoms with van der Waals surface area (Å²) in [5.74, 6) is 1.38. The second-order valence-corrected chi connectivity index (χ2v) is 10.2. The molecule has 1 amide bonds. The first-order chi connectivity index (χ1) is 14.4. The van der Waals surface area contributed by atoms with E-state index in [1.54, 1.807) is 25.5 Å². The Labute approximate surface area is 175 Å². The van der Waals surface area contributed by atoms with Crippen LogP contribution in [0.3, 0.4) is 0 Å². The van der Waals surface area contributed by atoms with E-state index in [1.165, 1.54) is 6.07 Å². The van der Waals surface area contributed by atoms with Crippen molar-refractivity contribution in [3.05, 3.63) is 42.1 Å². The number of hydrogen-bond donors (Lipinski definition) is 2. The van der Waals surface area contributed by atoms with Gasteiger partial charge < -0.3 is 15.0 Å². The number of fused-ring (bicyclic) bond motifs is 3. The normalized spacial score (nSPS) is 36.4. The Morgan fingerprint density at radius 3 is 2.83 bits per heavy atom. The molecule has 6 heteroatoms. The van der Waals surface area contributed by atoms with Crippen molar-refractivity contribution in [2.75, 3.05) is 0 Å². The van der Waals surface area contributed by atoms with Gasteiger partial charge in [0, 0.05) is 24.1 Å². The number of carbonyl (C=O) groups is 1. The summed E-state index contributed by atoms with van der Waals surface area (Å²) in [7, 11) is 0. The summed E-state index contributed by atoms with van der Waals surface area (Å²) in [5.41, 5.74) is 2.40. The van der Waals surface area contributed by atoms with Crippen LogP contribution in [0.4, 0.5) is 4.39 Å². The van der Waals surface area contributed by atoms with Crippen molar-refractivity contribution in [1.82, 2.24) is 14.9 Å². The quantitative estimate of drug-likeness (QED) is 0.810. The molecule has 4 saturated carbocycles. The lowest BCUT2D eigenvalue weighted by atomic mass is 9.46. The van der Waals surface area contributed by atoms with Gasteiger partial charge in [-0.3, -0.25) is 4.79 Å². The number of rotatable bonds is 4. The van der Waals surface area contributed by atoms with Gasteiger partial charge in [-0.05, 0) is 67.8 Å². The van der Waals surface area contributed by atoms with Crippen molar-refractivity contribution in [3.63, 3.8) is 0 Å². The minimum atomic E-state index is -0.491. The molecule has 0 radical (unpaired) electrons. The Kier molecular flexibility index (Phi) is 3.95. The first kappa shape index (κ1) is 18.6. The smallest absolute Gasteiger partial charge is 0.217 e. The van der Waals surface area contributed by atoms with Gasteiger partial charge in [-0.25, -0.2) is 9.37 Å². The average Bonchev–Trinajstić information content (AvgIpc) is 3.27. The molecule has 4 aliphatic carbocycles. The van der Waals surface area contributed by atoms with E-state index in [0.29, 0.717) is 29.7 Å². The Morgan fingerprint density at radius 1 is 1.33 bits per heavy atom. The van der Waals surface area contributed by atoms with Gasteiger partial charge >= 0.3 is 0 Å². The number of hydrogen-bond acceptors (Lipinski definition) is 3. The monoisotopic (exact) mass is 409 g/mol. The average molecular weight is 410 g/mol. The van der Waals surface area contributed by atoms with Gasteiger partial charge in [0.25, 0.3) is 0 Å². The molecular weight excluding hydrogens is 381 g/mol. The zero-order chi connectivity index (χ0) is 20.6. The van der Waals surface area contributed by atoms with Crippen molar-refractivity contribution in [2.24, 2.45) is 23.2 Å². The number of nitrogens with zero attached hydrogens (tertiary/aromatic N) is 2. The Hall–Kier alpha value is -2.21. The number of aliphatic hydroxyl groups is 1. The highest BCUT2D eigenvalue weighted by atomic mass is 19.1. The number of aliphatic hydroxyl groups excluding tert-OH is 1. The second kappa shape index (κ2) is 6.39. The Bertz CT molecular complexity index is 1000. The van der Waals surface area contributed by atoms with E-state index in [0.717, 1.165) is 43.4 Å². The van der Waals surface area contributed by atoms with E-state index >= 15 is 0 Å². The van der Waals surface area contributed by atoms with Crippen LogP contribution in [0.15, 0.2) is 30.7 Å². The van der Waals surface area contributed by atoms with Gasteiger partial charge in [0.05, 0.1) is 30.4 Å². The van der Waals surface area contributed by atoms with Crippen LogP contribution in [0.2, 0.25) is 0 Å². The summed E-state index contributed by atoms with van der Waals surface area (Å²) in [6.07, 6.45) is 8.85. The van der Waals surface area contributed by atoms with Crippen LogP contribution in [0, 0.1) is 29.0 Å². The van der Waals surface area contributed by atoms with E-state index in [-0.39, 0.29) is 29.2 Å². The van der Waals surface area contributed by atoms with E-state index < -0.39 is 6.10 Å². The molecule has 7 rings (SSSR count). The van der Waals surface area contributed by atoms with Crippen molar-refractivity contribution < 1.29 is 14.3 Å². The molecule has 1 aromatic carbocycles. The molecule has 1 aliphatic heterocycles. The number of halogens is 1. The number of nitrogens with one attached hydrogen (secondary N) is 1. The van der Waals surface area contributed by atoms with E-state index in [2.05, 4.69) is 10.3 Å². The van der Waals surface area contributed by atoms with Crippen LogP contribution in [0.25, 0.3) is 11.3 Å². The second-order valence-electron chi connectivity index (χ2n) is 10.2. The third-order valence-corrected chi connectivity index (χ3v) is 8.51. The molecule has 5 aliphatic rings. The van der Waals surface area contributed by atoms with Crippen LogP contribution in [-0.2, 0) is 4.79 Å². The number of imidazole rings is 1. The highest BCUT2D eigenvalue weighted by Crippen LogP contribution is 2.62. The third-order valence-electron chi connectivity index (χ3n) is 8.51. The van der Waals surface area contributed by atoms with Crippen LogP contribution < -0.4 is 5.32 Å².